The SMILES string of the molecule is F[B-](F)(F)Cc1ccc(Cl)c(Cl)c1.[K+]. The van der Waals surface area contributed by atoms with Gasteiger partial charge in [-0.2, -0.15) is 0 Å². The zero-order valence-electron chi connectivity index (χ0n) is 7.41. The van der Waals surface area contributed by atoms with Crippen molar-refractivity contribution in [3.8, 4) is 0 Å². The quantitative estimate of drug-likeness (QED) is 0.699. The van der Waals surface area contributed by atoms with Gasteiger partial charge < -0.3 is 12.9 Å². The molecule has 0 aliphatic carbocycles. The smallest absolute Gasteiger partial charge is 0.449 e. The van der Waals surface area contributed by atoms with E-state index in [1.54, 1.807) is 0 Å². The summed E-state index contributed by atoms with van der Waals surface area (Å²) in [5.41, 5.74) is 0.141. The number of rotatable bonds is 2. The first kappa shape index (κ1) is 15.3. The van der Waals surface area contributed by atoms with Crippen molar-refractivity contribution in [2.45, 2.75) is 6.32 Å². The number of halogens is 5. The Morgan fingerprint density at radius 2 is 1.64 bits per heavy atom. The molecule has 0 heterocycles. The van der Waals surface area contributed by atoms with Crippen LogP contribution in [0.3, 0.4) is 0 Å². The predicted octanol–water partition coefficient (Wildman–Crippen LogP) is 0.927. The second kappa shape index (κ2) is 6.13. The average molecular weight is 267 g/mol. The summed E-state index contributed by atoms with van der Waals surface area (Å²) in [6, 6.07) is 3.92. The minimum absolute atomic E-state index is 0. The first-order valence-corrected chi connectivity index (χ1v) is 4.29. The van der Waals surface area contributed by atoms with Gasteiger partial charge in [0.2, 0.25) is 0 Å². The van der Waals surface area contributed by atoms with Gasteiger partial charge in [-0.1, -0.05) is 41.2 Å². The first-order valence-electron chi connectivity index (χ1n) is 3.53. The van der Waals surface area contributed by atoms with Crippen LogP contribution >= 0.6 is 23.2 Å². The molecule has 14 heavy (non-hydrogen) atoms. The third kappa shape index (κ3) is 5.40. The Morgan fingerprint density at radius 1 is 1.07 bits per heavy atom. The Balaban J connectivity index is 0.00000169. The van der Waals surface area contributed by atoms with Gasteiger partial charge in [0.05, 0.1) is 10.0 Å². The second-order valence-electron chi connectivity index (χ2n) is 2.66. The van der Waals surface area contributed by atoms with Gasteiger partial charge in [-0.15, -0.1) is 0 Å². The third-order valence-electron chi connectivity index (χ3n) is 1.45. The van der Waals surface area contributed by atoms with Crippen molar-refractivity contribution in [2.75, 3.05) is 0 Å². The summed E-state index contributed by atoms with van der Waals surface area (Å²) in [5, 5.41) is 0.416. The van der Waals surface area contributed by atoms with Crippen molar-refractivity contribution in [3.63, 3.8) is 0 Å². The van der Waals surface area contributed by atoms with Crippen molar-refractivity contribution >= 4 is 30.2 Å². The standard InChI is InChI=1S/C7H5BCl2F3.K/c9-6-2-1-5(3-7(6)10)4-8(11,12)13;/h1-3H,4H2;/q-1;+1. The van der Waals surface area contributed by atoms with Gasteiger partial charge in [0, 0.05) is 0 Å². The van der Waals surface area contributed by atoms with Crippen LogP contribution in [0.15, 0.2) is 18.2 Å². The van der Waals surface area contributed by atoms with Gasteiger partial charge in [0.1, 0.15) is 0 Å². The van der Waals surface area contributed by atoms with Crippen LogP contribution in [-0.4, -0.2) is 6.98 Å². The third-order valence-corrected chi connectivity index (χ3v) is 2.19. The van der Waals surface area contributed by atoms with Gasteiger partial charge in [0.15, 0.2) is 0 Å². The molecule has 0 nitrogen and oxygen atoms in total. The molecule has 0 unspecified atom stereocenters. The van der Waals surface area contributed by atoms with E-state index in [0.717, 1.165) is 0 Å². The van der Waals surface area contributed by atoms with Crippen LogP contribution in [0.4, 0.5) is 12.9 Å². The molecule has 0 spiro atoms. The van der Waals surface area contributed by atoms with Crippen LogP contribution in [-0.2, 0) is 6.32 Å². The van der Waals surface area contributed by atoms with Crippen molar-refractivity contribution in [2.24, 2.45) is 0 Å². The van der Waals surface area contributed by atoms with Crippen LogP contribution in [0.1, 0.15) is 5.56 Å². The van der Waals surface area contributed by atoms with E-state index >= 15 is 0 Å². The summed E-state index contributed by atoms with van der Waals surface area (Å²) in [4.78, 5) is 0. The molecule has 0 aliphatic heterocycles. The maximum Gasteiger partial charge on any atom is 1.00 e. The molecule has 0 radical (unpaired) electrons. The minimum atomic E-state index is -4.81. The summed E-state index contributed by atoms with van der Waals surface area (Å²) in [5.74, 6) is 0. The van der Waals surface area contributed by atoms with E-state index in [1.165, 1.54) is 18.2 Å². The van der Waals surface area contributed by atoms with E-state index in [4.69, 9.17) is 23.2 Å². The van der Waals surface area contributed by atoms with Gasteiger partial charge in [-0.05, 0) is 12.1 Å². The van der Waals surface area contributed by atoms with Crippen molar-refractivity contribution in [1.29, 1.82) is 0 Å². The van der Waals surface area contributed by atoms with Crippen LogP contribution in [0.5, 0.6) is 0 Å². The van der Waals surface area contributed by atoms with E-state index < -0.39 is 13.3 Å². The molecular formula is C7H5BCl2F3K. The van der Waals surface area contributed by atoms with Crippen molar-refractivity contribution < 1.29 is 64.3 Å². The second-order valence-corrected chi connectivity index (χ2v) is 3.48. The summed E-state index contributed by atoms with van der Waals surface area (Å²) >= 11 is 11.1. The fourth-order valence-corrected chi connectivity index (χ4v) is 1.25. The molecule has 1 aromatic carbocycles. The van der Waals surface area contributed by atoms with Crippen LogP contribution < -0.4 is 51.4 Å². The Labute approximate surface area is 133 Å². The van der Waals surface area contributed by atoms with Crippen LogP contribution in [0, 0.1) is 0 Å². The molecule has 7 heteroatoms. The van der Waals surface area contributed by atoms with Gasteiger partial charge in [-0.25, -0.2) is 0 Å². The summed E-state index contributed by atoms with van der Waals surface area (Å²) in [6.45, 7) is -4.81. The predicted molar refractivity (Wildman–Crippen MR) is 49.2 cm³/mol. The van der Waals surface area contributed by atoms with Crippen molar-refractivity contribution in [3.05, 3.63) is 33.8 Å². The molecule has 0 atom stereocenters. The Kier molecular flexibility index (Phi) is 6.70. The van der Waals surface area contributed by atoms with Crippen LogP contribution in [0.2, 0.25) is 10.0 Å². The molecule has 0 N–H and O–H groups in total. The summed E-state index contributed by atoms with van der Waals surface area (Å²) < 4.78 is 35.9. The minimum Gasteiger partial charge on any atom is -0.449 e. The maximum atomic E-state index is 12.0. The molecule has 0 amide bonds. The summed E-state index contributed by atoms with van der Waals surface area (Å²) in [7, 11) is 0. The fraction of sp³-hybridized carbons (Fsp3) is 0.143. The van der Waals surface area contributed by atoms with E-state index in [0.29, 0.717) is 0 Å². The maximum absolute atomic E-state index is 12.0. The Bertz CT molecular complexity index is 316. The van der Waals surface area contributed by atoms with E-state index in [-0.39, 0.29) is 67.0 Å². The zero-order chi connectivity index (χ0) is 10.1. The van der Waals surface area contributed by atoms with E-state index in [2.05, 4.69) is 0 Å². The van der Waals surface area contributed by atoms with Gasteiger partial charge in [0.25, 0.3) is 0 Å². The zero-order valence-corrected chi connectivity index (χ0v) is 12.0. The number of hydrogen-bond donors (Lipinski definition) is 0. The van der Waals surface area contributed by atoms with Crippen molar-refractivity contribution in [1.82, 2.24) is 0 Å². The van der Waals surface area contributed by atoms with E-state index in [1.807, 2.05) is 0 Å². The number of hydrogen-bond acceptors (Lipinski definition) is 0. The molecule has 72 valence electrons. The molecular weight excluding hydrogens is 262 g/mol. The molecule has 0 saturated heterocycles. The monoisotopic (exact) mass is 266 g/mol. The van der Waals surface area contributed by atoms with Crippen LogP contribution in [0.25, 0.3) is 0 Å². The Morgan fingerprint density at radius 3 is 2.07 bits per heavy atom. The largest absolute Gasteiger partial charge is 1.00 e. The van der Waals surface area contributed by atoms with Gasteiger partial charge >= 0.3 is 58.4 Å². The molecule has 0 saturated carbocycles. The number of benzene rings is 1. The molecule has 0 fully saturated rings. The summed E-state index contributed by atoms with van der Waals surface area (Å²) in [6.07, 6.45) is -0.920. The fourth-order valence-electron chi connectivity index (χ4n) is 0.934. The molecule has 1 aromatic rings. The topological polar surface area (TPSA) is 0 Å². The molecule has 0 bridgehead atoms. The molecule has 1 rings (SSSR count). The average Bonchev–Trinajstić information content (AvgIpc) is 1.94. The first-order chi connectivity index (χ1) is 5.88. The van der Waals surface area contributed by atoms with E-state index in [9.17, 15) is 12.9 Å². The molecule has 0 aromatic heterocycles. The Hall–Kier alpha value is 1.29. The normalized spacial score (nSPS) is 10.9. The van der Waals surface area contributed by atoms with Gasteiger partial charge in [-0.3, -0.25) is 0 Å². The molecule has 0 aliphatic rings.